The van der Waals surface area contributed by atoms with E-state index in [2.05, 4.69) is 16.5 Å². The number of amides is 1. The van der Waals surface area contributed by atoms with Gasteiger partial charge in [0.15, 0.2) is 0 Å². The zero-order valence-corrected chi connectivity index (χ0v) is 9.76. The van der Waals surface area contributed by atoms with Crippen molar-refractivity contribution in [3.8, 4) is 0 Å². The lowest BCUT2D eigenvalue weighted by atomic mass is 10.1. The molecule has 4 nitrogen and oxygen atoms in total. The second kappa shape index (κ2) is 5.30. The maximum Gasteiger partial charge on any atom is 0.217 e. The molecule has 2 aromatic rings. The summed E-state index contributed by atoms with van der Waals surface area (Å²) in [6, 6.07) is 9.95. The molecule has 2 rings (SSSR count). The molecule has 0 aliphatic carbocycles. The summed E-state index contributed by atoms with van der Waals surface area (Å²) < 4.78 is 1.87. The van der Waals surface area contributed by atoms with Crippen LogP contribution < -0.4 is 5.32 Å². The molecule has 1 heterocycles. The molecule has 0 aliphatic heterocycles. The summed E-state index contributed by atoms with van der Waals surface area (Å²) in [5, 5.41) is 6.99. The highest BCUT2D eigenvalue weighted by atomic mass is 16.1. The number of aromatic nitrogens is 2. The average molecular weight is 229 g/mol. The fourth-order valence-corrected chi connectivity index (χ4v) is 1.67. The van der Waals surface area contributed by atoms with E-state index in [1.165, 1.54) is 12.5 Å². The molecule has 0 aliphatic rings. The Balaban J connectivity index is 2.13. The van der Waals surface area contributed by atoms with E-state index < -0.39 is 0 Å². The maximum absolute atomic E-state index is 10.9. The van der Waals surface area contributed by atoms with Crippen LogP contribution in [0.15, 0.2) is 42.7 Å². The number of nitrogens with zero attached hydrogens (tertiary/aromatic N) is 2. The van der Waals surface area contributed by atoms with Crippen molar-refractivity contribution < 1.29 is 4.79 Å². The van der Waals surface area contributed by atoms with Gasteiger partial charge < -0.3 is 5.32 Å². The van der Waals surface area contributed by atoms with Gasteiger partial charge in [0.05, 0.1) is 6.54 Å². The smallest absolute Gasteiger partial charge is 0.217 e. The van der Waals surface area contributed by atoms with Gasteiger partial charge in [-0.15, -0.1) is 0 Å². The summed E-state index contributed by atoms with van der Waals surface area (Å²) in [7, 11) is 0. The van der Waals surface area contributed by atoms with Crippen LogP contribution in [0.25, 0.3) is 0 Å². The number of hydrogen-bond acceptors (Lipinski definition) is 2. The van der Waals surface area contributed by atoms with Crippen molar-refractivity contribution in [2.24, 2.45) is 0 Å². The van der Waals surface area contributed by atoms with Crippen molar-refractivity contribution in [1.29, 1.82) is 0 Å². The lowest BCUT2D eigenvalue weighted by Gasteiger charge is -2.09. The highest BCUT2D eigenvalue weighted by Gasteiger charge is 2.03. The number of carbonyl (C=O) groups excluding carboxylic acids is 1. The van der Waals surface area contributed by atoms with Crippen LogP contribution >= 0.6 is 0 Å². The fourth-order valence-electron chi connectivity index (χ4n) is 1.67. The summed E-state index contributed by atoms with van der Waals surface area (Å²) in [4.78, 5) is 10.9. The van der Waals surface area contributed by atoms with Crippen molar-refractivity contribution in [3.05, 3.63) is 53.9 Å². The Labute approximate surface area is 100 Å². The molecule has 0 unspecified atom stereocenters. The van der Waals surface area contributed by atoms with Gasteiger partial charge in [0.1, 0.15) is 0 Å². The third-order valence-electron chi connectivity index (χ3n) is 2.54. The van der Waals surface area contributed by atoms with Crippen LogP contribution in [-0.4, -0.2) is 15.7 Å². The Hall–Kier alpha value is -2.10. The predicted molar refractivity (Wildman–Crippen MR) is 65.3 cm³/mol. The highest BCUT2D eigenvalue weighted by molar-refractivity contribution is 5.72. The first-order valence-electron chi connectivity index (χ1n) is 5.54. The molecule has 0 fully saturated rings. The Bertz CT molecular complexity index is 491. The van der Waals surface area contributed by atoms with Crippen LogP contribution in [0.2, 0.25) is 0 Å². The van der Waals surface area contributed by atoms with E-state index in [0.29, 0.717) is 6.54 Å². The highest BCUT2D eigenvalue weighted by Crippen LogP contribution is 2.10. The molecule has 0 atom stereocenters. The van der Waals surface area contributed by atoms with E-state index in [-0.39, 0.29) is 5.91 Å². The van der Waals surface area contributed by atoms with Gasteiger partial charge in [-0.25, -0.2) is 0 Å². The zero-order chi connectivity index (χ0) is 12.1. The van der Waals surface area contributed by atoms with Crippen molar-refractivity contribution in [3.63, 3.8) is 0 Å². The minimum Gasteiger partial charge on any atom is -0.352 e. The second-order valence-electron chi connectivity index (χ2n) is 3.88. The monoisotopic (exact) mass is 229 g/mol. The van der Waals surface area contributed by atoms with Crippen molar-refractivity contribution in [1.82, 2.24) is 15.1 Å². The van der Waals surface area contributed by atoms with E-state index >= 15 is 0 Å². The minimum atomic E-state index is -0.0149. The number of hydrogen-bond donors (Lipinski definition) is 1. The summed E-state index contributed by atoms with van der Waals surface area (Å²) in [6.45, 7) is 2.81. The fraction of sp³-hybridized carbons (Fsp3) is 0.231. The summed E-state index contributed by atoms with van der Waals surface area (Å²) in [6.07, 6.45) is 3.69. The molecular formula is C13H15N3O. The van der Waals surface area contributed by atoms with E-state index in [9.17, 15) is 4.79 Å². The Morgan fingerprint density at radius 2 is 2.06 bits per heavy atom. The zero-order valence-electron chi connectivity index (χ0n) is 9.76. The molecule has 1 aromatic carbocycles. The normalized spacial score (nSPS) is 10.2. The third-order valence-corrected chi connectivity index (χ3v) is 2.54. The van der Waals surface area contributed by atoms with Gasteiger partial charge in [-0.2, -0.15) is 5.10 Å². The Morgan fingerprint density at radius 1 is 1.29 bits per heavy atom. The predicted octanol–water partition coefficient (Wildman–Crippen LogP) is 1.57. The number of carbonyl (C=O) groups is 1. The quantitative estimate of drug-likeness (QED) is 0.865. The number of rotatable bonds is 4. The van der Waals surface area contributed by atoms with Gasteiger partial charge in [0.25, 0.3) is 0 Å². The molecule has 0 saturated carbocycles. The van der Waals surface area contributed by atoms with Gasteiger partial charge in [-0.1, -0.05) is 24.3 Å². The van der Waals surface area contributed by atoms with Crippen molar-refractivity contribution >= 4 is 5.91 Å². The Kier molecular flexibility index (Phi) is 3.55. The summed E-state index contributed by atoms with van der Waals surface area (Å²) in [5.74, 6) is -0.0149. The molecule has 1 aromatic heterocycles. The molecule has 0 bridgehead atoms. The molecule has 1 N–H and O–H groups in total. The van der Waals surface area contributed by atoms with Crippen LogP contribution in [0.5, 0.6) is 0 Å². The summed E-state index contributed by atoms with van der Waals surface area (Å²) in [5.41, 5.74) is 2.29. The van der Waals surface area contributed by atoms with Crippen LogP contribution in [-0.2, 0) is 17.9 Å². The van der Waals surface area contributed by atoms with Crippen LogP contribution in [0, 0.1) is 0 Å². The van der Waals surface area contributed by atoms with Crippen molar-refractivity contribution in [2.75, 3.05) is 0 Å². The standard InChI is InChI=1S/C13H15N3O/c1-11(17)14-9-12-5-2-3-6-13(12)10-16-8-4-7-15-16/h2-8H,9-10H2,1H3,(H,14,17). The van der Waals surface area contributed by atoms with E-state index in [1.54, 1.807) is 6.20 Å². The molecular weight excluding hydrogens is 214 g/mol. The molecule has 0 radical (unpaired) electrons. The largest absolute Gasteiger partial charge is 0.352 e. The second-order valence-corrected chi connectivity index (χ2v) is 3.88. The lowest BCUT2D eigenvalue weighted by Crippen LogP contribution is -2.20. The SMILES string of the molecule is CC(=O)NCc1ccccc1Cn1cccn1. The average Bonchev–Trinajstić information content (AvgIpc) is 2.80. The first-order valence-corrected chi connectivity index (χ1v) is 5.54. The Morgan fingerprint density at radius 3 is 2.71 bits per heavy atom. The minimum absolute atomic E-state index is 0.0149. The topological polar surface area (TPSA) is 46.9 Å². The molecule has 17 heavy (non-hydrogen) atoms. The molecule has 4 heteroatoms. The van der Waals surface area contributed by atoms with Gasteiger partial charge in [-0.05, 0) is 17.2 Å². The van der Waals surface area contributed by atoms with E-state index in [4.69, 9.17) is 0 Å². The van der Waals surface area contributed by atoms with Crippen LogP contribution in [0.1, 0.15) is 18.1 Å². The molecule has 0 saturated heterocycles. The number of nitrogens with one attached hydrogen (secondary N) is 1. The first kappa shape index (κ1) is 11.4. The van der Waals surface area contributed by atoms with E-state index in [1.807, 2.05) is 35.1 Å². The van der Waals surface area contributed by atoms with Crippen LogP contribution in [0.4, 0.5) is 0 Å². The van der Waals surface area contributed by atoms with Gasteiger partial charge >= 0.3 is 0 Å². The van der Waals surface area contributed by atoms with Crippen LogP contribution in [0.3, 0.4) is 0 Å². The maximum atomic E-state index is 10.9. The third kappa shape index (κ3) is 3.17. The summed E-state index contributed by atoms with van der Waals surface area (Å²) >= 11 is 0. The molecule has 88 valence electrons. The first-order chi connectivity index (χ1) is 8.25. The van der Waals surface area contributed by atoms with Gasteiger partial charge in [0.2, 0.25) is 5.91 Å². The van der Waals surface area contributed by atoms with E-state index in [0.717, 1.165) is 12.1 Å². The molecule has 0 spiro atoms. The number of benzene rings is 1. The molecule has 1 amide bonds. The lowest BCUT2D eigenvalue weighted by molar-refractivity contribution is -0.119. The van der Waals surface area contributed by atoms with Gasteiger partial charge in [-0.3, -0.25) is 9.48 Å². The van der Waals surface area contributed by atoms with Crippen molar-refractivity contribution in [2.45, 2.75) is 20.0 Å². The van der Waals surface area contributed by atoms with Gasteiger partial charge in [0, 0.05) is 25.9 Å².